The minimum absolute atomic E-state index is 0.0573. The van der Waals surface area contributed by atoms with Gasteiger partial charge >= 0.3 is 5.97 Å². The molecule has 1 saturated carbocycles. The molecule has 2 N–H and O–H groups in total. The summed E-state index contributed by atoms with van der Waals surface area (Å²) in [5.41, 5.74) is -0.875. The number of aryl methyl sites for hydroxylation is 1. The summed E-state index contributed by atoms with van der Waals surface area (Å²) in [6.07, 6.45) is 4.12. The zero-order valence-electron chi connectivity index (χ0n) is 15.2. The Hall–Kier alpha value is -2.70. The van der Waals surface area contributed by atoms with E-state index in [1.807, 2.05) is 0 Å². The van der Waals surface area contributed by atoms with E-state index in [0.29, 0.717) is 36.0 Å². The number of carboxylic acids is 1. The summed E-state index contributed by atoms with van der Waals surface area (Å²) >= 11 is 0. The van der Waals surface area contributed by atoms with E-state index in [4.69, 9.17) is 4.42 Å². The average molecular weight is 374 g/mol. The molecule has 1 aliphatic rings. The molecule has 1 fully saturated rings. The Kier molecular flexibility index (Phi) is 5.58. The van der Waals surface area contributed by atoms with E-state index in [0.717, 1.165) is 12.8 Å². The number of benzene rings is 1. The van der Waals surface area contributed by atoms with Crippen molar-refractivity contribution in [2.24, 2.45) is 5.92 Å². The minimum atomic E-state index is -1.18. The molecule has 0 unspecified atom stereocenters. The standard InChI is InChI=1S/C20H23FN2O4/c1-13-8-10-20(11-9-13,19(25)26)23-17(24)6-7-18-22-12-16(27-18)14-4-2-3-5-15(14)21/h2-5,12-13H,6-11H2,1H3,(H,23,24)(H,25,26). The summed E-state index contributed by atoms with van der Waals surface area (Å²) in [4.78, 5) is 28.1. The van der Waals surface area contributed by atoms with Crippen molar-refractivity contribution in [3.05, 3.63) is 42.2 Å². The van der Waals surface area contributed by atoms with Crippen LogP contribution < -0.4 is 5.32 Å². The monoisotopic (exact) mass is 374 g/mol. The molecule has 7 heteroatoms. The number of nitrogens with zero attached hydrogens (tertiary/aromatic N) is 1. The Morgan fingerprint density at radius 1 is 1.33 bits per heavy atom. The third kappa shape index (κ3) is 4.35. The van der Waals surface area contributed by atoms with E-state index >= 15 is 0 Å². The molecule has 0 aliphatic heterocycles. The summed E-state index contributed by atoms with van der Waals surface area (Å²) < 4.78 is 19.3. The molecule has 0 saturated heterocycles. The van der Waals surface area contributed by atoms with Crippen LogP contribution in [0.1, 0.15) is 44.9 Å². The molecule has 3 rings (SSSR count). The highest BCUT2D eigenvalue weighted by Crippen LogP contribution is 2.32. The Balaban J connectivity index is 1.59. The summed E-state index contributed by atoms with van der Waals surface area (Å²) in [6.45, 7) is 2.09. The molecule has 0 spiro atoms. The summed E-state index contributed by atoms with van der Waals surface area (Å²) in [5.74, 6) is -0.665. The summed E-state index contributed by atoms with van der Waals surface area (Å²) in [6, 6.07) is 6.21. The van der Waals surface area contributed by atoms with Gasteiger partial charge in [0.2, 0.25) is 5.91 Å². The number of nitrogens with one attached hydrogen (secondary N) is 1. The van der Waals surface area contributed by atoms with Gasteiger partial charge in [-0.25, -0.2) is 14.2 Å². The smallest absolute Gasteiger partial charge is 0.329 e. The minimum Gasteiger partial charge on any atom is -0.480 e. The van der Waals surface area contributed by atoms with Crippen LogP contribution in [0.3, 0.4) is 0 Å². The van der Waals surface area contributed by atoms with Crippen LogP contribution in [-0.4, -0.2) is 27.5 Å². The Morgan fingerprint density at radius 3 is 2.70 bits per heavy atom. The normalized spacial score (nSPS) is 22.4. The second-order valence-corrected chi connectivity index (χ2v) is 7.22. The second kappa shape index (κ2) is 7.90. The number of oxazole rings is 1. The van der Waals surface area contributed by atoms with E-state index in [2.05, 4.69) is 17.2 Å². The van der Waals surface area contributed by atoms with Gasteiger partial charge in [0.05, 0.1) is 11.8 Å². The molecule has 1 aliphatic carbocycles. The summed E-state index contributed by atoms with van der Waals surface area (Å²) in [5, 5.41) is 12.3. The molecule has 1 aromatic heterocycles. The number of hydrogen-bond acceptors (Lipinski definition) is 4. The second-order valence-electron chi connectivity index (χ2n) is 7.22. The van der Waals surface area contributed by atoms with Crippen molar-refractivity contribution in [2.75, 3.05) is 0 Å². The number of rotatable bonds is 6. The SMILES string of the molecule is CC1CCC(NC(=O)CCc2ncc(-c3ccccc3F)o2)(C(=O)O)CC1. The van der Waals surface area contributed by atoms with Crippen LogP contribution in [0.5, 0.6) is 0 Å². The Bertz CT molecular complexity index is 825. The van der Waals surface area contributed by atoms with Crippen LogP contribution in [-0.2, 0) is 16.0 Å². The highest BCUT2D eigenvalue weighted by molar-refractivity contribution is 5.87. The highest BCUT2D eigenvalue weighted by atomic mass is 19.1. The molecule has 0 atom stereocenters. The molecule has 27 heavy (non-hydrogen) atoms. The maximum absolute atomic E-state index is 13.8. The van der Waals surface area contributed by atoms with Crippen LogP contribution in [0.15, 0.2) is 34.9 Å². The number of carboxylic acid groups (broad SMARTS) is 1. The van der Waals surface area contributed by atoms with E-state index in [1.165, 1.54) is 12.3 Å². The predicted molar refractivity (Wildman–Crippen MR) is 96.4 cm³/mol. The maximum atomic E-state index is 13.8. The van der Waals surface area contributed by atoms with Crippen molar-refractivity contribution >= 4 is 11.9 Å². The lowest BCUT2D eigenvalue weighted by Crippen LogP contribution is -2.56. The molecule has 2 aromatic rings. The zero-order chi connectivity index (χ0) is 19.4. The molecule has 0 bridgehead atoms. The first kappa shape index (κ1) is 19.1. The number of carbonyl (C=O) groups is 2. The first-order chi connectivity index (χ1) is 12.9. The van der Waals surface area contributed by atoms with Crippen LogP contribution in [0.2, 0.25) is 0 Å². The van der Waals surface area contributed by atoms with Crippen molar-refractivity contribution in [3.8, 4) is 11.3 Å². The molecular formula is C20H23FN2O4. The first-order valence-corrected chi connectivity index (χ1v) is 9.13. The topological polar surface area (TPSA) is 92.4 Å². The quantitative estimate of drug-likeness (QED) is 0.806. The van der Waals surface area contributed by atoms with Crippen LogP contribution in [0, 0.1) is 11.7 Å². The fourth-order valence-corrected chi connectivity index (χ4v) is 3.41. The molecule has 1 aromatic carbocycles. The lowest BCUT2D eigenvalue weighted by Gasteiger charge is -2.36. The molecule has 6 nitrogen and oxygen atoms in total. The lowest BCUT2D eigenvalue weighted by atomic mass is 9.77. The van der Waals surface area contributed by atoms with Gasteiger partial charge in [0.15, 0.2) is 11.7 Å². The average Bonchev–Trinajstić information content (AvgIpc) is 3.11. The van der Waals surface area contributed by atoms with Gasteiger partial charge in [0.25, 0.3) is 0 Å². The largest absolute Gasteiger partial charge is 0.480 e. The van der Waals surface area contributed by atoms with Crippen molar-refractivity contribution in [1.29, 1.82) is 0 Å². The Morgan fingerprint density at radius 2 is 2.04 bits per heavy atom. The molecule has 0 radical (unpaired) electrons. The number of carbonyl (C=O) groups excluding carboxylic acids is 1. The third-order valence-electron chi connectivity index (χ3n) is 5.17. The van der Waals surface area contributed by atoms with E-state index in [9.17, 15) is 19.1 Å². The number of amides is 1. The maximum Gasteiger partial charge on any atom is 0.329 e. The van der Waals surface area contributed by atoms with Crippen LogP contribution in [0.25, 0.3) is 11.3 Å². The number of halogens is 1. The predicted octanol–water partition coefficient (Wildman–Crippen LogP) is 3.56. The molecular weight excluding hydrogens is 351 g/mol. The number of aromatic nitrogens is 1. The first-order valence-electron chi connectivity index (χ1n) is 9.13. The van der Waals surface area contributed by atoms with Gasteiger partial charge in [-0.1, -0.05) is 19.1 Å². The van der Waals surface area contributed by atoms with Gasteiger partial charge in [-0.05, 0) is 43.7 Å². The highest BCUT2D eigenvalue weighted by Gasteiger charge is 2.42. The van der Waals surface area contributed by atoms with Gasteiger partial charge in [-0.3, -0.25) is 4.79 Å². The number of hydrogen-bond donors (Lipinski definition) is 2. The van der Waals surface area contributed by atoms with Crippen molar-refractivity contribution in [2.45, 2.75) is 51.0 Å². The Labute approximate surface area is 156 Å². The molecule has 1 heterocycles. The van der Waals surface area contributed by atoms with Crippen molar-refractivity contribution in [3.63, 3.8) is 0 Å². The molecule has 144 valence electrons. The van der Waals surface area contributed by atoms with E-state index in [-0.39, 0.29) is 18.7 Å². The van der Waals surface area contributed by atoms with Crippen LogP contribution >= 0.6 is 0 Å². The van der Waals surface area contributed by atoms with Crippen molar-refractivity contribution < 1.29 is 23.5 Å². The molecule has 1 amide bonds. The van der Waals surface area contributed by atoms with Crippen LogP contribution in [0.4, 0.5) is 4.39 Å². The van der Waals surface area contributed by atoms with Crippen molar-refractivity contribution in [1.82, 2.24) is 10.3 Å². The van der Waals surface area contributed by atoms with Gasteiger partial charge in [0, 0.05) is 12.8 Å². The fraction of sp³-hybridized carbons (Fsp3) is 0.450. The van der Waals surface area contributed by atoms with Gasteiger partial charge in [-0.2, -0.15) is 0 Å². The van der Waals surface area contributed by atoms with E-state index < -0.39 is 17.3 Å². The zero-order valence-corrected chi connectivity index (χ0v) is 15.2. The van der Waals surface area contributed by atoms with Gasteiger partial charge in [-0.15, -0.1) is 0 Å². The third-order valence-corrected chi connectivity index (χ3v) is 5.17. The number of aliphatic carboxylic acids is 1. The van der Waals surface area contributed by atoms with Gasteiger partial charge < -0.3 is 14.8 Å². The fourth-order valence-electron chi connectivity index (χ4n) is 3.41. The summed E-state index contributed by atoms with van der Waals surface area (Å²) in [7, 11) is 0. The lowest BCUT2D eigenvalue weighted by molar-refractivity contribution is -0.149. The van der Waals surface area contributed by atoms with Gasteiger partial charge in [0.1, 0.15) is 11.4 Å². The van der Waals surface area contributed by atoms with E-state index in [1.54, 1.807) is 18.2 Å².